The molecule has 0 aliphatic carbocycles. The minimum Gasteiger partial charge on any atom is -0.378 e. The van der Waals surface area contributed by atoms with Crippen LogP contribution in [0, 0.1) is 12.3 Å². The second kappa shape index (κ2) is 10.4. The van der Waals surface area contributed by atoms with Crippen molar-refractivity contribution in [1.82, 2.24) is 10.2 Å². The monoisotopic (exact) mass is 485 g/mol. The van der Waals surface area contributed by atoms with Crippen LogP contribution in [0.2, 0.25) is 0 Å². The molecule has 4 rings (SSSR count). The second-order valence-corrected chi connectivity index (χ2v) is 9.26. The van der Waals surface area contributed by atoms with E-state index in [1.54, 1.807) is 12.2 Å². The van der Waals surface area contributed by atoms with Crippen LogP contribution in [0.4, 0.5) is 5.69 Å². The van der Waals surface area contributed by atoms with Gasteiger partial charge in [0.1, 0.15) is 0 Å². The van der Waals surface area contributed by atoms with E-state index < -0.39 is 6.04 Å². The summed E-state index contributed by atoms with van der Waals surface area (Å²) >= 11 is 0. The van der Waals surface area contributed by atoms with Crippen molar-refractivity contribution in [2.45, 2.75) is 38.6 Å². The van der Waals surface area contributed by atoms with Gasteiger partial charge >= 0.3 is 0 Å². The largest absolute Gasteiger partial charge is 0.378 e. The van der Waals surface area contributed by atoms with Gasteiger partial charge in [0.15, 0.2) is 0 Å². The Morgan fingerprint density at radius 3 is 2.50 bits per heavy atom. The number of morpholine rings is 1. The molecule has 3 amide bonds. The fourth-order valence-corrected chi connectivity index (χ4v) is 5.05. The zero-order valence-electron chi connectivity index (χ0n) is 20.8. The number of anilines is 1. The van der Waals surface area contributed by atoms with Crippen molar-refractivity contribution in [3.63, 3.8) is 0 Å². The molecular weight excluding hydrogens is 454 g/mol. The summed E-state index contributed by atoms with van der Waals surface area (Å²) < 4.78 is 5.54. The quantitative estimate of drug-likeness (QED) is 0.378. The lowest BCUT2D eigenvalue weighted by atomic mass is 9.91. The molecule has 3 aliphatic rings. The number of amides is 3. The molecule has 3 aliphatic heterocycles. The molecule has 0 bridgehead atoms. The molecular formula is C29H31N3O4. The van der Waals surface area contributed by atoms with Crippen molar-refractivity contribution < 1.29 is 19.1 Å². The van der Waals surface area contributed by atoms with Gasteiger partial charge in [-0.3, -0.25) is 19.3 Å². The zero-order valence-corrected chi connectivity index (χ0v) is 20.8. The number of piperidine rings is 1. The van der Waals surface area contributed by atoms with E-state index in [2.05, 4.69) is 42.3 Å². The molecule has 0 radical (unpaired) electrons. The number of allylic oxidation sites excluding steroid dienone is 5. The standard InChI is InChI=1S/C29H31N3O4/c1-6-8-21(7-2)18(3)15-19(4)22-16-23-24(17-26(22)31-11-13-36-14-12-31)29(35)32(28(23)34)25-9-10-27(33)30-20(25)5/h2,6,8,15-17,19,25H,1,5,9-14H2,3-4H3,(H,30,33)/b18-15-,21-8-. The summed E-state index contributed by atoms with van der Waals surface area (Å²) in [5, 5.41) is 2.68. The molecule has 7 nitrogen and oxygen atoms in total. The molecule has 2 unspecified atom stereocenters. The topological polar surface area (TPSA) is 79.0 Å². The van der Waals surface area contributed by atoms with Gasteiger partial charge in [-0.05, 0) is 42.7 Å². The van der Waals surface area contributed by atoms with E-state index in [-0.39, 0.29) is 30.1 Å². The third kappa shape index (κ3) is 4.65. The summed E-state index contributed by atoms with van der Waals surface area (Å²) in [6.45, 7) is 14.2. The van der Waals surface area contributed by atoms with Gasteiger partial charge in [0.2, 0.25) is 5.91 Å². The van der Waals surface area contributed by atoms with Crippen LogP contribution in [-0.2, 0) is 9.53 Å². The maximum Gasteiger partial charge on any atom is 0.262 e. The Labute approximate surface area is 212 Å². The number of imide groups is 1. The van der Waals surface area contributed by atoms with Gasteiger partial charge < -0.3 is 15.0 Å². The number of benzene rings is 1. The lowest BCUT2D eigenvalue weighted by Gasteiger charge is -2.32. The lowest BCUT2D eigenvalue weighted by Crippen LogP contribution is -2.48. The molecule has 7 heteroatoms. The van der Waals surface area contributed by atoms with Gasteiger partial charge in [-0.2, -0.15) is 0 Å². The first kappa shape index (κ1) is 25.2. The Balaban J connectivity index is 1.77. The van der Waals surface area contributed by atoms with Crippen molar-refractivity contribution >= 4 is 23.4 Å². The number of terminal acetylenes is 1. The second-order valence-electron chi connectivity index (χ2n) is 9.26. The van der Waals surface area contributed by atoms with E-state index in [9.17, 15) is 14.4 Å². The highest BCUT2D eigenvalue weighted by Gasteiger charge is 2.43. The molecule has 2 saturated heterocycles. The Morgan fingerprint density at radius 1 is 1.22 bits per heavy atom. The summed E-state index contributed by atoms with van der Waals surface area (Å²) in [7, 11) is 0. The van der Waals surface area contributed by atoms with Gasteiger partial charge in [0.25, 0.3) is 11.8 Å². The molecule has 1 aromatic carbocycles. The van der Waals surface area contributed by atoms with Crippen molar-refractivity contribution in [3.05, 3.63) is 77.1 Å². The third-order valence-electron chi connectivity index (χ3n) is 6.93. The summed E-state index contributed by atoms with van der Waals surface area (Å²) in [6, 6.07) is 3.11. The van der Waals surface area contributed by atoms with E-state index >= 15 is 0 Å². The first-order valence-corrected chi connectivity index (χ1v) is 12.1. The number of ether oxygens (including phenoxy) is 1. The minimum absolute atomic E-state index is 0.0874. The van der Waals surface area contributed by atoms with Crippen molar-refractivity contribution in [2.24, 2.45) is 0 Å². The number of rotatable bonds is 6. The van der Waals surface area contributed by atoms with Gasteiger partial charge in [-0.1, -0.05) is 38.2 Å². The van der Waals surface area contributed by atoms with Crippen LogP contribution in [0.3, 0.4) is 0 Å². The Kier molecular flexibility index (Phi) is 7.27. The molecule has 0 spiro atoms. The molecule has 1 aromatic rings. The van der Waals surface area contributed by atoms with Crippen molar-refractivity contribution in [2.75, 3.05) is 31.2 Å². The van der Waals surface area contributed by atoms with Crippen LogP contribution in [0.1, 0.15) is 58.9 Å². The molecule has 0 saturated carbocycles. The van der Waals surface area contributed by atoms with Gasteiger partial charge in [-0.25, -0.2) is 0 Å². The highest BCUT2D eigenvalue weighted by molar-refractivity contribution is 6.22. The highest BCUT2D eigenvalue weighted by atomic mass is 16.5. The average molecular weight is 486 g/mol. The average Bonchev–Trinajstić information content (AvgIpc) is 3.11. The van der Waals surface area contributed by atoms with Crippen LogP contribution < -0.4 is 10.2 Å². The van der Waals surface area contributed by atoms with Crippen LogP contribution in [0.5, 0.6) is 0 Å². The molecule has 2 atom stereocenters. The lowest BCUT2D eigenvalue weighted by molar-refractivity contribution is -0.121. The van der Waals surface area contributed by atoms with Gasteiger partial charge in [0.05, 0.1) is 30.4 Å². The smallest absolute Gasteiger partial charge is 0.262 e. The van der Waals surface area contributed by atoms with Gasteiger partial charge in [0, 0.05) is 42.4 Å². The first-order chi connectivity index (χ1) is 17.3. The Morgan fingerprint density at radius 2 is 1.89 bits per heavy atom. The zero-order chi connectivity index (χ0) is 26.0. The number of nitrogens with zero attached hydrogens (tertiary/aromatic N) is 2. The molecule has 0 aromatic heterocycles. The normalized spacial score (nSPS) is 21.8. The fraction of sp³-hybridized carbons (Fsp3) is 0.345. The number of nitrogens with one attached hydrogen (secondary N) is 1. The van der Waals surface area contributed by atoms with Crippen molar-refractivity contribution in [1.29, 1.82) is 0 Å². The maximum absolute atomic E-state index is 13.5. The summed E-state index contributed by atoms with van der Waals surface area (Å²) in [5.41, 5.74) is 4.62. The van der Waals surface area contributed by atoms with Crippen LogP contribution in [-0.4, -0.2) is 55.0 Å². The number of carbonyl (C=O) groups excluding carboxylic acids is 3. The minimum atomic E-state index is -0.563. The molecule has 2 fully saturated rings. The number of hydrogen-bond acceptors (Lipinski definition) is 5. The van der Waals surface area contributed by atoms with E-state index in [0.717, 1.165) is 22.4 Å². The van der Waals surface area contributed by atoms with Crippen molar-refractivity contribution in [3.8, 4) is 12.3 Å². The van der Waals surface area contributed by atoms with E-state index in [1.165, 1.54) is 4.90 Å². The van der Waals surface area contributed by atoms with E-state index in [1.807, 2.05) is 19.1 Å². The maximum atomic E-state index is 13.5. The van der Waals surface area contributed by atoms with E-state index in [0.29, 0.717) is 49.5 Å². The van der Waals surface area contributed by atoms with Crippen LogP contribution in [0.25, 0.3) is 0 Å². The predicted octanol–water partition coefficient (Wildman–Crippen LogP) is 3.71. The third-order valence-corrected chi connectivity index (χ3v) is 6.93. The number of fused-ring (bicyclic) bond motifs is 1. The predicted molar refractivity (Wildman–Crippen MR) is 140 cm³/mol. The summed E-state index contributed by atoms with van der Waals surface area (Å²) in [4.78, 5) is 42.2. The Bertz CT molecular complexity index is 1240. The molecule has 1 N–H and O–H groups in total. The van der Waals surface area contributed by atoms with Gasteiger partial charge in [-0.15, -0.1) is 6.42 Å². The number of carbonyl (C=O) groups is 3. The Hall–Kier alpha value is -3.89. The highest BCUT2D eigenvalue weighted by Crippen LogP contribution is 2.38. The van der Waals surface area contributed by atoms with E-state index in [4.69, 9.17) is 11.2 Å². The SMILES string of the molecule is C#CC(=C/C=C)/C(C)=C\C(C)c1cc2c(cc1N1CCOCC1)C(=O)N(C1CCC(=O)NC1=C)C2=O. The molecule has 186 valence electrons. The molecule has 3 heterocycles. The molecule has 36 heavy (non-hydrogen) atoms. The summed E-state index contributed by atoms with van der Waals surface area (Å²) in [6.07, 6.45) is 11.8. The number of hydrogen-bond donors (Lipinski definition) is 1. The summed E-state index contributed by atoms with van der Waals surface area (Å²) in [5.74, 6) is 1.73. The fourth-order valence-electron chi connectivity index (χ4n) is 5.05. The van der Waals surface area contributed by atoms with Crippen LogP contribution in [0.15, 0.2) is 60.4 Å². The first-order valence-electron chi connectivity index (χ1n) is 12.1. The van der Waals surface area contributed by atoms with Crippen LogP contribution >= 0.6 is 0 Å².